The predicted octanol–water partition coefficient (Wildman–Crippen LogP) is 2.46. The average molecular weight is 204 g/mol. The lowest BCUT2D eigenvalue weighted by Gasteiger charge is -2.02. The first kappa shape index (κ1) is 10.2. The first-order valence-electron chi connectivity index (χ1n) is 5.36. The van der Waals surface area contributed by atoms with Crippen LogP contribution in [0.5, 0.6) is 5.75 Å². The zero-order valence-electron chi connectivity index (χ0n) is 9.19. The summed E-state index contributed by atoms with van der Waals surface area (Å²) in [6.45, 7) is 2.14. The van der Waals surface area contributed by atoms with Gasteiger partial charge in [-0.2, -0.15) is 0 Å². The summed E-state index contributed by atoms with van der Waals surface area (Å²) in [6.07, 6.45) is 1.65. The Balaban J connectivity index is 1.95. The predicted molar refractivity (Wildman–Crippen MR) is 59.0 cm³/mol. The van der Waals surface area contributed by atoms with Crippen molar-refractivity contribution in [1.82, 2.24) is 0 Å². The number of hydrogen-bond donors (Lipinski definition) is 0. The van der Waals surface area contributed by atoms with Crippen molar-refractivity contribution in [2.45, 2.75) is 19.8 Å². The third-order valence-corrected chi connectivity index (χ3v) is 3.06. The molecule has 1 aromatic rings. The van der Waals surface area contributed by atoms with Gasteiger partial charge in [-0.15, -0.1) is 0 Å². The van der Waals surface area contributed by atoms with Gasteiger partial charge in [0.2, 0.25) is 0 Å². The minimum absolute atomic E-state index is 0.326. The second-order valence-corrected chi connectivity index (χ2v) is 4.31. The monoisotopic (exact) mass is 204 g/mol. The average Bonchev–Trinajstić information content (AvgIpc) is 2.97. The molecule has 1 aromatic carbocycles. The van der Waals surface area contributed by atoms with Crippen molar-refractivity contribution < 1.29 is 9.53 Å². The van der Waals surface area contributed by atoms with Crippen molar-refractivity contribution in [2.75, 3.05) is 7.11 Å². The Morgan fingerprint density at radius 2 is 2.00 bits per heavy atom. The molecule has 2 atom stereocenters. The van der Waals surface area contributed by atoms with Crippen LogP contribution in [0.1, 0.15) is 18.9 Å². The maximum absolute atomic E-state index is 11.7. The molecule has 1 aliphatic rings. The van der Waals surface area contributed by atoms with Crippen LogP contribution in [-0.2, 0) is 11.2 Å². The largest absolute Gasteiger partial charge is 0.497 e. The van der Waals surface area contributed by atoms with Gasteiger partial charge in [0, 0.05) is 12.3 Å². The van der Waals surface area contributed by atoms with Crippen molar-refractivity contribution in [3.63, 3.8) is 0 Å². The zero-order chi connectivity index (χ0) is 10.8. The van der Waals surface area contributed by atoms with E-state index in [1.54, 1.807) is 7.11 Å². The maximum Gasteiger partial charge on any atom is 0.140 e. The van der Waals surface area contributed by atoms with Crippen LogP contribution in [0.15, 0.2) is 24.3 Å². The molecule has 2 heteroatoms. The Bertz CT molecular complexity index is 353. The van der Waals surface area contributed by atoms with E-state index in [-0.39, 0.29) is 0 Å². The molecule has 1 fully saturated rings. The summed E-state index contributed by atoms with van der Waals surface area (Å²) >= 11 is 0. The number of methoxy groups -OCH3 is 1. The number of ketones is 1. The van der Waals surface area contributed by atoms with Crippen LogP contribution in [0.4, 0.5) is 0 Å². The van der Waals surface area contributed by atoms with Crippen molar-refractivity contribution in [2.24, 2.45) is 11.8 Å². The van der Waals surface area contributed by atoms with Crippen LogP contribution in [0.3, 0.4) is 0 Å². The number of carbonyl (C=O) groups is 1. The normalized spacial score (nSPS) is 23.6. The second kappa shape index (κ2) is 4.05. The maximum atomic E-state index is 11.7. The van der Waals surface area contributed by atoms with E-state index in [0.29, 0.717) is 24.0 Å². The summed E-state index contributed by atoms with van der Waals surface area (Å²) in [6, 6.07) is 7.73. The van der Waals surface area contributed by atoms with Crippen molar-refractivity contribution in [1.29, 1.82) is 0 Å². The van der Waals surface area contributed by atoms with E-state index in [1.165, 1.54) is 0 Å². The molecule has 2 nitrogen and oxygen atoms in total. The second-order valence-electron chi connectivity index (χ2n) is 4.31. The van der Waals surface area contributed by atoms with E-state index in [4.69, 9.17) is 4.74 Å². The van der Waals surface area contributed by atoms with E-state index in [1.807, 2.05) is 24.3 Å². The molecule has 0 saturated heterocycles. The van der Waals surface area contributed by atoms with Crippen molar-refractivity contribution in [3.05, 3.63) is 29.8 Å². The molecule has 80 valence electrons. The van der Waals surface area contributed by atoms with Gasteiger partial charge < -0.3 is 4.74 Å². The highest BCUT2D eigenvalue weighted by molar-refractivity contribution is 5.85. The third kappa shape index (κ3) is 2.38. The number of carbonyl (C=O) groups excluding carboxylic acids is 1. The summed E-state index contributed by atoms with van der Waals surface area (Å²) in [5.74, 6) is 2.15. The first-order valence-corrected chi connectivity index (χ1v) is 5.36. The number of rotatable bonds is 4. The topological polar surface area (TPSA) is 26.3 Å². The van der Waals surface area contributed by atoms with Gasteiger partial charge in [-0.05, 0) is 30.0 Å². The summed E-state index contributed by atoms with van der Waals surface area (Å²) in [4.78, 5) is 11.7. The molecular formula is C13H16O2. The molecule has 2 unspecified atom stereocenters. The number of benzene rings is 1. The molecule has 0 aliphatic heterocycles. The summed E-state index contributed by atoms with van der Waals surface area (Å²) in [7, 11) is 1.64. The van der Waals surface area contributed by atoms with Gasteiger partial charge in [-0.3, -0.25) is 4.79 Å². The Kier molecular flexibility index (Phi) is 2.76. The van der Waals surface area contributed by atoms with Gasteiger partial charge in [0.05, 0.1) is 7.11 Å². The highest BCUT2D eigenvalue weighted by Crippen LogP contribution is 2.39. The fourth-order valence-corrected chi connectivity index (χ4v) is 1.85. The number of Topliss-reactive ketones (excluding diaryl/α,β-unsaturated/α-hetero) is 1. The summed E-state index contributed by atoms with van der Waals surface area (Å²) in [5.41, 5.74) is 1.08. The molecular weight excluding hydrogens is 188 g/mol. The minimum Gasteiger partial charge on any atom is -0.497 e. The molecule has 0 amide bonds. The fourth-order valence-electron chi connectivity index (χ4n) is 1.85. The Hall–Kier alpha value is -1.31. The Morgan fingerprint density at radius 3 is 2.47 bits per heavy atom. The molecule has 15 heavy (non-hydrogen) atoms. The molecule has 0 aromatic heterocycles. The Labute approximate surface area is 90.3 Å². The summed E-state index contributed by atoms with van der Waals surface area (Å²) in [5, 5.41) is 0. The standard InChI is InChI=1S/C13H16O2/c1-9-7-12(9)13(14)8-10-3-5-11(15-2)6-4-10/h3-6,9,12H,7-8H2,1-2H3. The number of hydrogen-bond acceptors (Lipinski definition) is 2. The molecule has 2 rings (SSSR count). The van der Waals surface area contributed by atoms with Crippen LogP contribution < -0.4 is 4.74 Å². The molecule has 0 heterocycles. The molecule has 0 spiro atoms. The van der Waals surface area contributed by atoms with E-state index < -0.39 is 0 Å². The van der Waals surface area contributed by atoms with E-state index >= 15 is 0 Å². The van der Waals surface area contributed by atoms with E-state index in [0.717, 1.165) is 17.7 Å². The molecule has 1 saturated carbocycles. The van der Waals surface area contributed by atoms with Crippen molar-refractivity contribution in [3.8, 4) is 5.75 Å². The highest BCUT2D eigenvalue weighted by Gasteiger charge is 2.38. The quantitative estimate of drug-likeness (QED) is 0.753. The van der Waals surface area contributed by atoms with Crippen LogP contribution in [0.25, 0.3) is 0 Å². The fraction of sp³-hybridized carbons (Fsp3) is 0.462. The number of ether oxygens (including phenoxy) is 1. The van der Waals surface area contributed by atoms with Gasteiger partial charge in [-0.25, -0.2) is 0 Å². The summed E-state index contributed by atoms with van der Waals surface area (Å²) < 4.78 is 5.07. The lowest BCUT2D eigenvalue weighted by atomic mass is 10.1. The van der Waals surface area contributed by atoms with Gasteiger partial charge in [0.25, 0.3) is 0 Å². The lowest BCUT2D eigenvalue weighted by Crippen LogP contribution is -2.05. The SMILES string of the molecule is COc1ccc(CC(=O)C2CC2C)cc1. The van der Waals surface area contributed by atoms with Gasteiger partial charge in [0.1, 0.15) is 11.5 Å². The van der Waals surface area contributed by atoms with E-state index in [9.17, 15) is 4.79 Å². The minimum atomic E-state index is 0.326. The van der Waals surface area contributed by atoms with Gasteiger partial charge in [0.15, 0.2) is 0 Å². The van der Waals surface area contributed by atoms with Gasteiger partial charge >= 0.3 is 0 Å². The molecule has 0 N–H and O–H groups in total. The van der Waals surface area contributed by atoms with E-state index in [2.05, 4.69) is 6.92 Å². The molecule has 0 bridgehead atoms. The van der Waals surface area contributed by atoms with Gasteiger partial charge in [-0.1, -0.05) is 19.1 Å². The smallest absolute Gasteiger partial charge is 0.140 e. The lowest BCUT2D eigenvalue weighted by molar-refractivity contribution is -0.119. The Morgan fingerprint density at radius 1 is 1.40 bits per heavy atom. The highest BCUT2D eigenvalue weighted by atomic mass is 16.5. The van der Waals surface area contributed by atoms with Crippen LogP contribution in [0, 0.1) is 11.8 Å². The molecule has 0 radical (unpaired) electrons. The van der Waals surface area contributed by atoms with Crippen LogP contribution >= 0.6 is 0 Å². The van der Waals surface area contributed by atoms with Crippen LogP contribution in [0.2, 0.25) is 0 Å². The van der Waals surface area contributed by atoms with Crippen molar-refractivity contribution >= 4 is 5.78 Å². The third-order valence-electron chi connectivity index (χ3n) is 3.06. The first-order chi connectivity index (χ1) is 7.20. The van der Waals surface area contributed by atoms with Crippen LogP contribution in [-0.4, -0.2) is 12.9 Å². The molecule has 1 aliphatic carbocycles. The zero-order valence-corrected chi connectivity index (χ0v) is 9.19.